The number of nitrogens with one attached hydrogen (secondary N) is 2. The maximum Gasteiger partial charge on any atom is 0.322 e. The van der Waals surface area contributed by atoms with E-state index in [9.17, 15) is 9.59 Å². The molecular weight excluding hydrogens is 436 g/mol. The first kappa shape index (κ1) is 24.4. The zero-order valence-corrected chi connectivity index (χ0v) is 20.1. The van der Waals surface area contributed by atoms with Crippen LogP contribution in [0.15, 0.2) is 53.9 Å². The molecule has 0 atom stereocenters. The number of thiazole rings is 1. The second-order valence-electron chi connectivity index (χ2n) is 7.73. The van der Waals surface area contributed by atoms with Crippen molar-refractivity contribution in [3.05, 3.63) is 81.3 Å². The van der Waals surface area contributed by atoms with E-state index in [2.05, 4.69) is 15.6 Å². The average Bonchev–Trinajstić information content (AvgIpc) is 3.28. The molecule has 8 heteroatoms. The Bertz CT molecular complexity index is 1050. The average molecular weight is 467 g/mol. The highest BCUT2D eigenvalue weighted by Crippen LogP contribution is 2.21. The fourth-order valence-electron chi connectivity index (χ4n) is 3.36. The van der Waals surface area contributed by atoms with Gasteiger partial charge in [-0.05, 0) is 37.0 Å². The molecule has 0 saturated carbocycles. The summed E-state index contributed by atoms with van der Waals surface area (Å²) >= 11 is 1.37. The van der Waals surface area contributed by atoms with Gasteiger partial charge in [0.1, 0.15) is 10.7 Å². The molecule has 2 N–H and O–H groups in total. The number of nitrogens with zero attached hydrogens (tertiary/aromatic N) is 2. The number of amides is 3. The lowest BCUT2D eigenvalue weighted by Gasteiger charge is -2.23. The molecule has 3 amide bonds. The summed E-state index contributed by atoms with van der Waals surface area (Å²) in [6, 6.07) is 15.7. The van der Waals surface area contributed by atoms with E-state index >= 15 is 0 Å². The maximum absolute atomic E-state index is 13.0. The van der Waals surface area contributed by atoms with Gasteiger partial charge in [0.25, 0.3) is 5.91 Å². The van der Waals surface area contributed by atoms with Gasteiger partial charge in [0.15, 0.2) is 0 Å². The molecule has 0 bridgehead atoms. The summed E-state index contributed by atoms with van der Waals surface area (Å²) in [4.78, 5) is 31.6. The summed E-state index contributed by atoms with van der Waals surface area (Å²) in [5.74, 6) is -0.211. The summed E-state index contributed by atoms with van der Waals surface area (Å²) in [7, 11) is 1.60. The van der Waals surface area contributed by atoms with Crippen LogP contribution in [0, 0.1) is 13.8 Å². The van der Waals surface area contributed by atoms with Crippen molar-refractivity contribution in [1.82, 2.24) is 15.2 Å². The standard InChI is InChI=1S/C25H30N4O3S/c1-18-8-7-9-19(2)23(18)28-25(31)29(14-15-32-3)16-22-27-21(17-33-22)24(30)26-13-12-20-10-5-4-6-11-20/h4-11,17H,12-16H2,1-3H3,(H,26,30)(H,28,31). The lowest BCUT2D eigenvalue weighted by Crippen LogP contribution is -2.37. The van der Waals surface area contributed by atoms with E-state index in [1.165, 1.54) is 16.9 Å². The number of hydrogen-bond donors (Lipinski definition) is 2. The minimum atomic E-state index is -0.228. The topological polar surface area (TPSA) is 83.6 Å². The number of aryl methyl sites for hydroxylation is 2. The molecule has 7 nitrogen and oxygen atoms in total. The van der Waals surface area contributed by atoms with Crippen LogP contribution < -0.4 is 10.6 Å². The van der Waals surface area contributed by atoms with Crippen molar-refractivity contribution in [3.63, 3.8) is 0 Å². The van der Waals surface area contributed by atoms with Crippen molar-refractivity contribution in [2.45, 2.75) is 26.8 Å². The van der Waals surface area contributed by atoms with E-state index in [1.54, 1.807) is 17.4 Å². The van der Waals surface area contributed by atoms with Crippen LogP contribution in [0.3, 0.4) is 0 Å². The molecule has 0 spiro atoms. The molecule has 0 aliphatic heterocycles. The number of hydrogen-bond acceptors (Lipinski definition) is 5. The van der Waals surface area contributed by atoms with Crippen molar-refractivity contribution in [1.29, 1.82) is 0 Å². The molecule has 33 heavy (non-hydrogen) atoms. The molecule has 0 saturated heterocycles. The van der Waals surface area contributed by atoms with E-state index in [-0.39, 0.29) is 11.9 Å². The van der Waals surface area contributed by atoms with Gasteiger partial charge in [-0.2, -0.15) is 0 Å². The highest BCUT2D eigenvalue weighted by Gasteiger charge is 2.19. The number of para-hydroxylation sites is 1. The van der Waals surface area contributed by atoms with Gasteiger partial charge in [-0.15, -0.1) is 11.3 Å². The van der Waals surface area contributed by atoms with Gasteiger partial charge in [0.2, 0.25) is 0 Å². The van der Waals surface area contributed by atoms with Crippen LogP contribution in [0.25, 0.3) is 0 Å². The van der Waals surface area contributed by atoms with Gasteiger partial charge < -0.3 is 20.3 Å². The van der Waals surface area contributed by atoms with Crippen LogP contribution in [0.2, 0.25) is 0 Å². The van der Waals surface area contributed by atoms with Gasteiger partial charge >= 0.3 is 6.03 Å². The number of benzene rings is 2. The first-order chi connectivity index (χ1) is 16.0. The van der Waals surface area contributed by atoms with Gasteiger partial charge in [-0.3, -0.25) is 4.79 Å². The summed E-state index contributed by atoms with van der Waals surface area (Å²) in [6.45, 7) is 5.57. The van der Waals surface area contributed by atoms with Gasteiger partial charge in [-0.1, -0.05) is 48.5 Å². The molecule has 0 unspecified atom stereocenters. The van der Waals surface area contributed by atoms with Crippen molar-refractivity contribution in [2.24, 2.45) is 0 Å². The van der Waals surface area contributed by atoms with Crippen LogP contribution in [-0.2, 0) is 17.7 Å². The Kier molecular flexibility index (Phi) is 8.97. The van der Waals surface area contributed by atoms with Gasteiger partial charge in [0, 0.05) is 31.3 Å². The molecular formula is C25H30N4O3S. The van der Waals surface area contributed by atoms with E-state index in [0.29, 0.717) is 36.9 Å². The fourth-order valence-corrected chi connectivity index (χ4v) is 4.15. The number of methoxy groups -OCH3 is 1. The van der Waals surface area contributed by atoms with E-state index in [1.807, 2.05) is 62.4 Å². The van der Waals surface area contributed by atoms with E-state index < -0.39 is 0 Å². The monoisotopic (exact) mass is 466 g/mol. The minimum Gasteiger partial charge on any atom is -0.383 e. The minimum absolute atomic E-state index is 0.211. The van der Waals surface area contributed by atoms with Crippen LogP contribution in [0.1, 0.15) is 32.2 Å². The molecule has 174 valence electrons. The second kappa shape index (κ2) is 12.1. The highest BCUT2D eigenvalue weighted by molar-refractivity contribution is 7.09. The van der Waals surface area contributed by atoms with Crippen LogP contribution >= 0.6 is 11.3 Å². The summed E-state index contributed by atoms with van der Waals surface area (Å²) in [6.07, 6.45) is 0.757. The largest absolute Gasteiger partial charge is 0.383 e. The zero-order chi connectivity index (χ0) is 23.6. The van der Waals surface area contributed by atoms with E-state index in [0.717, 1.165) is 23.2 Å². The summed E-state index contributed by atoms with van der Waals surface area (Å²) < 4.78 is 5.18. The molecule has 0 fully saturated rings. The predicted molar refractivity (Wildman–Crippen MR) is 132 cm³/mol. The Morgan fingerprint density at radius 3 is 2.48 bits per heavy atom. The number of aromatic nitrogens is 1. The van der Waals surface area contributed by atoms with Crippen molar-refractivity contribution >= 4 is 29.0 Å². The number of carbonyl (C=O) groups is 2. The van der Waals surface area contributed by atoms with Crippen LogP contribution in [-0.4, -0.2) is 48.6 Å². The Labute approximate surface area is 198 Å². The first-order valence-corrected chi connectivity index (χ1v) is 11.7. The summed E-state index contributed by atoms with van der Waals surface area (Å²) in [5.41, 5.74) is 4.34. The predicted octanol–water partition coefficient (Wildman–Crippen LogP) is 4.41. The highest BCUT2D eigenvalue weighted by atomic mass is 32.1. The number of ether oxygens (including phenoxy) is 1. The van der Waals surface area contributed by atoms with Crippen molar-refractivity contribution in [2.75, 3.05) is 32.1 Å². The third-order valence-corrected chi connectivity index (χ3v) is 6.05. The number of carbonyl (C=O) groups excluding carboxylic acids is 2. The van der Waals surface area contributed by atoms with Crippen molar-refractivity contribution in [3.8, 4) is 0 Å². The number of urea groups is 1. The quantitative estimate of drug-likeness (QED) is 0.464. The first-order valence-electron chi connectivity index (χ1n) is 10.9. The molecule has 2 aromatic carbocycles. The maximum atomic E-state index is 13.0. The molecule has 3 aromatic rings. The SMILES string of the molecule is COCCN(Cc1nc(C(=O)NCCc2ccccc2)cs1)C(=O)Nc1c(C)cccc1C. The van der Waals surface area contributed by atoms with E-state index in [4.69, 9.17) is 4.74 Å². The molecule has 0 radical (unpaired) electrons. The van der Waals surface area contributed by atoms with Gasteiger partial charge in [-0.25, -0.2) is 9.78 Å². The number of rotatable bonds is 10. The fraction of sp³-hybridized carbons (Fsp3) is 0.320. The molecule has 0 aliphatic rings. The van der Waals surface area contributed by atoms with Gasteiger partial charge in [0.05, 0.1) is 13.2 Å². The van der Waals surface area contributed by atoms with Crippen molar-refractivity contribution < 1.29 is 14.3 Å². The Morgan fingerprint density at radius 1 is 1.06 bits per heavy atom. The van der Waals surface area contributed by atoms with Crippen LogP contribution in [0.4, 0.5) is 10.5 Å². The Hall–Kier alpha value is -3.23. The smallest absolute Gasteiger partial charge is 0.322 e. The molecule has 0 aliphatic carbocycles. The third kappa shape index (κ3) is 7.13. The Morgan fingerprint density at radius 2 is 1.79 bits per heavy atom. The molecule has 3 rings (SSSR count). The Balaban J connectivity index is 1.60. The molecule has 1 heterocycles. The zero-order valence-electron chi connectivity index (χ0n) is 19.3. The lowest BCUT2D eigenvalue weighted by atomic mass is 10.1. The van der Waals surface area contributed by atoms with Crippen LogP contribution in [0.5, 0.6) is 0 Å². The third-order valence-electron chi connectivity index (χ3n) is 5.22. The number of anilines is 1. The second-order valence-corrected chi connectivity index (χ2v) is 8.67. The lowest BCUT2D eigenvalue weighted by molar-refractivity contribution is 0.0949. The molecule has 1 aromatic heterocycles. The normalized spacial score (nSPS) is 10.6. The summed E-state index contributed by atoms with van der Waals surface area (Å²) in [5, 5.41) is 8.34.